The second-order valence-corrected chi connectivity index (χ2v) is 7.63. The molecule has 5 heteroatoms. The van der Waals surface area contributed by atoms with Crippen LogP contribution < -0.4 is 9.64 Å². The van der Waals surface area contributed by atoms with Crippen LogP contribution in [-0.2, 0) is 14.3 Å². The first-order valence-corrected chi connectivity index (χ1v) is 9.13. The number of esters is 1. The van der Waals surface area contributed by atoms with Crippen molar-refractivity contribution in [3.8, 4) is 5.75 Å². The number of hydrogen-bond donors (Lipinski definition) is 0. The molecule has 0 spiro atoms. The number of fused-ring (bicyclic) bond motifs is 1. The van der Waals surface area contributed by atoms with Gasteiger partial charge in [-0.2, -0.15) is 0 Å². The molecular formula is C20H27NO4. The SMILES string of the molecule is Cc1ccc2c(c1)N(C(C)C(=O)OC1CCCCC1)C(=O)C(C)(C)O2. The lowest BCUT2D eigenvalue weighted by Gasteiger charge is -2.41. The molecule has 1 aliphatic carbocycles. The Bertz CT molecular complexity index is 676. The third-order valence-electron chi connectivity index (χ3n) is 5.04. The zero-order chi connectivity index (χ0) is 18.2. The fourth-order valence-corrected chi connectivity index (χ4v) is 3.56. The first-order chi connectivity index (χ1) is 11.8. The first-order valence-electron chi connectivity index (χ1n) is 9.13. The van der Waals surface area contributed by atoms with Crippen LogP contribution in [0.15, 0.2) is 18.2 Å². The van der Waals surface area contributed by atoms with E-state index in [-0.39, 0.29) is 18.0 Å². The highest BCUT2D eigenvalue weighted by molar-refractivity contribution is 6.06. The molecule has 1 fully saturated rings. The Morgan fingerprint density at radius 3 is 2.64 bits per heavy atom. The number of anilines is 1. The van der Waals surface area contributed by atoms with Crippen LogP contribution in [0, 0.1) is 6.92 Å². The smallest absolute Gasteiger partial charge is 0.329 e. The van der Waals surface area contributed by atoms with Crippen molar-refractivity contribution < 1.29 is 19.1 Å². The number of benzene rings is 1. The number of aryl methyl sites for hydroxylation is 1. The van der Waals surface area contributed by atoms with E-state index in [1.54, 1.807) is 20.8 Å². The van der Waals surface area contributed by atoms with Crippen molar-refractivity contribution in [3.05, 3.63) is 23.8 Å². The van der Waals surface area contributed by atoms with Crippen LogP contribution in [0.5, 0.6) is 5.75 Å². The van der Waals surface area contributed by atoms with Crippen LogP contribution >= 0.6 is 0 Å². The first kappa shape index (κ1) is 17.8. The van der Waals surface area contributed by atoms with Crippen molar-refractivity contribution in [2.24, 2.45) is 0 Å². The number of rotatable bonds is 3. The van der Waals surface area contributed by atoms with Crippen LogP contribution in [0.4, 0.5) is 5.69 Å². The van der Waals surface area contributed by atoms with E-state index in [1.165, 1.54) is 11.3 Å². The van der Waals surface area contributed by atoms with Crippen LogP contribution in [0.1, 0.15) is 58.4 Å². The molecule has 5 nitrogen and oxygen atoms in total. The maximum Gasteiger partial charge on any atom is 0.329 e. The standard InChI is InChI=1S/C20H27NO4/c1-13-10-11-17-16(12-13)21(19(23)20(3,4)25-17)14(2)18(22)24-15-8-6-5-7-9-15/h10-12,14-15H,5-9H2,1-4H3. The Hall–Kier alpha value is -2.04. The number of carbonyl (C=O) groups excluding carboxylic acids is 2. The van der Waals surface area contributed by atoms with Gasteiger partial charge in [0.15, 0.2) is 5.60 Å². The van der Waals surface area contributed by atoms with Crippen LogP contribution in [0.25, 0.3) is 0 Å². The average Bonchev–Trinajstić information content (AvgIpc) is 2.57. The molecule has 2 aliphatic rings. The zero-order valence-corrected chi connectivity index (χ0v) is 15.5. The summed E-state index contributed by atoms with van der Waals surface area (Å²) in [5.74, 6) is 0.0524. The van der Waals surface area contributed by atoms with Gasteiger partial charge in [-0.05, 0) is 71.1 Å². The highest BCUT2D eigenvalue weighted by atomic mass is 16.5. The number of hydrogen-bond acceptors (Lipinski definition) is 4. The van der Waals surface area contributed by atoms with Gasteiger partial charge in [-0.15, -0.1) is 0 Å². The summed E-state index contributed by atoms with van der Waals surface area (Å²) < 4.78 is 11.5. The molecule has 1 saturated carbocycles. The van der Waals surface area contributed by atoms with Gasteiger partial charge >= 0.3 is 5.97 Å². The van der Waals surface area contributed by atoms with Crippen molar-refractivity contribution in [3.63, 3.8) is 0 Å². The highest BCUT2D eigenvalue weighted by Gasteiger charge is 2.45. The summed E-state index contributed by atoms with van der Waals surface area (Å²) >= 11 is 0. The molecule has 0 bridgehead atoms. The number of ether oxygens (including phenoxy) is 2. The molecule has 3 rings (SSSR count). The zero-order valence-electron chi connectivity index (χ0n) is 15.5. The van der Waals surface area contributed by atoms with E-state index < -0.39 is 11.6 Å². The lowest BCUT2D eigenvalue weighted by molar-refractivity contribution is -0.153. The largest absolute Gasteiger partial charge is 0.476 e. The van der Waals surface area contributed by atoms with E-state index in [0.717, 1.165) is 31.2 Å². The fraction of sp³-hybridized carbons (Fsp3) is 0.600. The minimum atomic E-state index is -1.01. The van der Waals surface area contributed by atoms with Gasteiger partial charge in [0, 0.05) is 0 Å². The molecule has 1 aromatic rings. The van der Waals surface area contributed by atoms with Gasteiger partial charge in [0.25, 0.3) is 5.91 Å². The van der Waals surface area contributed by atoms with E-state index in [0.29, 0.717) is 11.4 Å². The van der Waals surface area contributed by atoms with Gasteiger partial charge in [-0.25, -0.2) is 4.79 Å². The monoisotopic (exact) mass is 345 g/mol. The molecule has 1 aromatic carbocycles. The van der Waals surface area contributed by atoms with Crippen LogP contribution in [-0.4, -0.2) is 29.6 Å². The molecule has 1 atom stereocenters. The summed E-state index contributed by atoms with van der Waals surface area (Å²) in [6, 6.07) is 4.99. The third-order valence-corrected chi connectivity index (χ3v) is 5.04. The van der Waals surface area contributed by atoms with Gasteiger partial charge in [0.05, 0.1) is 5.69 Å². The van der Waals surface area contributed by atoms with Crippen molar-refractivity contribution >= 4 is 17.6 Å². The molecule has 1 unspecified atom stereocenters. The summed E-state index contributed by atoms with van der Waals surface area (Å²) in [6.45, 7) is 7.14. The normalized spacial score (nSPS) is 21.3. The molecule has 1 aliphatic heterocycles. The molecule has 0 N–H and O–H groups in total. The van der Waals surface area contributed by atoms with Crippen molar-refractivity contribution in [1.82, 2.24) is 0 Å². The average molecular weight is 345 g/mol. The summed E-state index contributed by atoms with van der Waals surface area (Å²) in [5.41, 5.74) is 0.631. The van der Waals surface area contributed by atoms with Crippen LogP contribution in [0.2, 0.25) is 0 Å². The van der Waals surface area contributed by atoms with Gasteiger partial charge in [0.2, 0.25) is 0 Å². The van der Waals surface area contributed by atoms with Crippen LogP contribution in [0.3, 0.4) is 0 Å². The minimum absolute atomic E-state index is 0.0233. The summed E-state index contributed by atoms with van der Waals surface area (Å²) in [4.78, 5) is 27.2. The maximum absolute atomic E-state index is 13.0. The summed E-state index contributed by atoms with van der Waals surface area (Å²) in [7, 11) is 0. The molecule has 25 heavy (non-hydrogen) atoms. The predicted octanol–water partition coefficient (Wildman–Crippen LogP) is 3.76. The topological polar surface area (TPSA) is 55.8 Å². The Labute approximate surface area is 149 Å². The van der Waals surface area contributed by atoms with Crippen molar-refractivity contribution in [2.45, 2.75) is 77.5 Å². The third kappa shape index (κ3) is 3.51. The Balaban J connectivity index is 1.87. The van der Waals surface area contributed by atoms with Gasteiger partial charge in [0.1, 0.15) is 17.9 Å². The van der Waals surface area contributed by atoms with E-state index >= 15 is 0 Å². The quantitative estimate of drug-likeness (QED) is 0.783. The van der Waals surface area contributed by atoms with Gasteiger partial charge < -0.3 is 9.47 Å². The lowest BCUT2D eigenvalue weighted by Crippen LogP contribution is -2.57. The predicted molar refractivity (Wildman–Crippen MR) is 95.8 cm³/mol. The summed E-state index contributed by atoms with van der Waals surface area (Å²) in [5, 5.41) is 0. The molecule has 1 heterocycles. The number of amides is 1. The molecule has 0 aromatic heterocycles. The van der Waals surface area contributed by atoms with E-state index in [4.69, 9.17) is 9.47 Å². The molecular weight excluding hydrogens is 318 g/mol. The highest BCUT2D eigenvalue weighted by Crippen LogP contribution is 2.39. The Morgan fingerprint density at radius 1 is 1.28 bits per heavy atom. The van der Waals surface area contributed by atoms with Crippen molar-refractivity contribution in [1.29, 1.82) is 0 Å². The summed E-state index contributed by atoms with van der Waals surface area (Å²) in [6.07, 6.45) is 5.19. The number of carbonyl (C=O) groups is 2. The lowest BCUT2D eigenvalue weighted by atomic mass is 9.97. The Kier molecular flexibility index (Phi) is 4.76. The number of nitrogens with zero attached hydrogens (tertiary/aromatic N) is 1. The second-order valence-electron chi connectivity index (χ2n) is 7.63. The Morgan fingerprint density at radius 2 is 1.96 bits per heavy atom. The van der Waals surface area contributed by atoms with E-state index in [2.05, 4.69) is 0 Å². The minimum Gasteiger partial charge on any atom is -0.476 e. The fourth-order valence-electron chi connectivity index (χ4n) is 3.56. The van der Waals surface area contributed by atoms with E-state index in [9.17, 15) is 9.59 Å². The molecule has 0 saturated heterocycles. The van der Waals surface area contributed by atoms with Gasteiger partial charge in [-0.1, -0.05) is 12.5 Å². The van der Waals surface area contributed by atoms with E-state index in [1.807, 2.05) is 25.1 Å². The molecule has 136 valence electrons. The molecule has 0 radical (unpaired) electrons. The second kappa shape index (κ2) is 6.70. The maximum atomic E-state index is 13.0. The van der Waals surface area contributed by atoms with Crippen molar-refractivity contribution in [2.75, 3.05) is 4.90 Å². The van der Waals surface area contributed by atoms with Gasteiger partial charge in [-0.3, -0.25) is 9.69 Å². The molecule has 1 amide bonds.